The summed E-state index contributed by atoms with van der Waals surface area (Å²) in [7, 11) is 1.41. The Bertz CT molecular complexity index is 1780. The Morgan fingerprint density at radius 2 is 1.93 bits per heavy atom. The summed E-state index contributed by atoms with van der Waals surface area (Å²) >= 11 is 6.26. The van der Waals surface area contributed by atoms with Gasteiger partial charge in [-0.15, -0.1) is 5.10 Å². The van der Waals surface area contributed by atoms with E-state index in [4.69, 9.17) is 16.3 Å². The highest BCUT2D eigenvalue weighted by Crippen LogP contribution is 2.41. The van der Waals surface area contributed by atoms with Crippen LogP contribution in [0.25, 0.3) is 28.2 Å². The van der Waals surface area contributed by atoms with Crippen molar-refractivity contribution in [2.45, 2.75) is 38.0 Å². The molecule has 1 saturated carbocycles. The van der Waals surface area contributed by atoms with Gasteiger partial charge in [0.15, 0.2) is 11.5 Å². The van der Waals surface area contributed by atoms with Crippen LogP contribution in [0.1, 0.15) is 43.2 Å². The second-order valence-corrected chi connectivity index (χ2v) is 10.4. The van der Waals surface area contributed by atoms with Crippen molar-refractivity contribution in [2.24, 2.45) is 5.92 Å². The van der Waals surface area contributed by atoms with Gasteiger partial charge in [0.1, 0.15) is 18.1 Å². The summed E-state index contributed by atoms with van der Waals surface area (Å²) in [4.78, 5) is 3.93. The first-order valence-corrected chi connectivity index (χ1v) is 13.3. The number of ether oxygens (including phenoxy) is 1. The normalized spacial score (nSPS) is 14.4. The molecule has 0 spiro atoms. The predicted octanol–water partition coefficient (Wildman–Crippen LogP) is 5.38. The molecule has 0 unspecified atom stereocenters. The number of hydrogen-bond donors (Lipinski definition) is 1. The molecular formula is C26H22ClF5N9O2+. The van der Waals surface area contributed by atoms with E-state index in [0.29, 0.717) is 39.4 Å². The maximum atomic E-state index is 13.4. The topological polar surface area (TPSA) is 113 Å². The lowest BCUT2D eigenvalue weighted by atomic mass is 10.0. The molecule has 4 heterocycles. The molecule has 43 heavy (non-hydrogen) atoms. The van der Waals surface area contributed by atoms with Crippen molar-refractivity contribution in [3.63, 3.8) is 0 Å². The Hall–Kier alpha value is -4.60. The van der Waals surface area contributed by atoms with Crippen molar-refractivity contribution in [1.82, 2.24) is 39.5 Å². The van der Waals surface area contributed by atoms with E-state index in [2.05, 4.69) is 25.5 Å². The lowest BCUT2D eigenvalue weighted by Gasteiger charge is -2.17. The summed E-state index contributed by atoms with van der Waals surface area (Å²) in [5.41, 5.74) is 0.298. The highest BCUT2D eigenvalue weighted by molar-refractivity contribution is 6.31. The summed E-state index contributed by atoms with van der Waals surface area (Å²) in [5, 5.41) is 26.4. The summed E-state index contributed by atoms with van der Waals surface area (Å²) in [6.45, 7) is -2.89. The third-order valence-corrected chi connectivity index (χ3v) is 7.33. The number of halogens is 6. The van der Waals surface area contributed by atoms with Gasteiger partial charge in [0, 0.05) is 21.5 Å². The fourth-order valence-electron chi connectivity index (χ4n) is 4.85. The molecule has 0 aliphatic heterocycles. The molecule has 5 aromatic rings. The maximum Gasteiger partial charge on any atom is 0.436 e. The minimum absolute atomic E-state index is 0.0634. The second kappa shape index (κ2) is 10.9. The fraction of sp³-hybridized carbons (Fsp3) is 0.308. The number of alkyl halides is 5. The first kappa shape index (κ1) is 28.5. The monoisotopic (exact) mass is 622 g/mol. The Kier molecular flexibility index (Phi) is 7.23. The number of pyridine rings is 1. The second-order valence-electron chi connectivity index (χ2n) is 9.94. The third kappa shape index (κ3) is 5.61. The van der Waals surface area contributed by atoms with Crippen LogP contribution in [-0.4, -0.2) is 51.9 Å². The number of benzene rings is 1. The average Bonchev–Trinajstić information content (AvgIpc) is 3.37. The van der Waals surface area contributed by atoms with Gasteiger partial charge in [-0.3, -0.25) is 9.89 Å². The van der Waals surface area contributed by atoms with Gasteiger partial charge in [-0.25, -0.2) is 9.67 Å². The lowest BCUT2D eigenvalue weighted by Crippen LogP contribution is -2.38. The molecule has 4 aromatic heterocycles. The van der Waals surface area contributed by atoms with E-state index in [0.717, 1.165) is 34.8 Å². The van der Waals surface area contributed by atoms with Crippen molar-refractivity contribution >= 4 is 11.6 Å². The molecule has 1 aliphatic carbocycles. The van der Waals surface area contributed by atoms with Gasteiger partial charge in [0.2, 0.25) is 6.20 Å². The van der Waals surface area contributed by atoms with Gasteiger partial charge in [-0.2, -0.15) is 36.8 Å². The molecule has 224 valence electrons. The average molecular weight is 623 g/mol. The van der Waals surface area contributed by atoms with Gasteiger partial charge in [-0.05, 0) is 30.5 Å². The van der Waals surface area contributed by atoms with E-state index in [1.54, 1.807) is 16.9 Å². The van der Waals surface area contributed by atoms with Crippen molar-refractivity contribution in [3.05, 3.63) is 71.8 Å². The zero-order chi connectivity index (χ0) is 30.5. The summed E-state index contributed by atoms with van der Waals surface area (Å²) in [6, 6.07) is 5.50. The number of rotatable bonds is 9. The Morgan fingerprint density at radius 3 is 2.60 bits per heavy atom. The third-order valence-electron chi connectivity index (χ3n) is 7.09. The minimum Gasteiger partial charge on any atom is -0.496 e. The van der Waals surface area contributed by atoms with E-state index in [1.165, 1.54) is 37.7 Å². The van der Waals surface area contributed by atoms with Crippen molar-refractivity contribution in [1.29, 1.82) is 0 Å². The molecule has 0 radical (unpaired) electrons. The molecule has 1 N–H and O–H groups in total. The van der Waals surface area contributed by atoms with Crippen molar-refractivity contribution in [3.8, 4) is 34.0 Å². The van der Waals surface area contributed by atoms with Crippen LogP contribution in [0.5, 0.6) is 5.75 Å². The molecule has 17 heteroatoms. The quantitative estimate of drug-likeness (QED) is 0.133. The van der Waals surface area contributed by atoms with Crippen LogP contribution in [0.4, 0.5) is 22.0 Å². The molecule has 6 rings (SSSR count). The summed E-state index contributed by atoms with van der Waals surface area (Å²) < 4.78 is 76.0. The highest BCUT2D eigenvalue weighted by Gasteiger charge is 2.36. The number of aromatic nitrogens is 9. The van der Waals surface area contributed by atoms with Crippen LogP contribution in [0.2, 0.25) is 5.02 Å². The molecule has 0 saturated heterocycles. The van der Waals surface area contributed by atoms with Crippen LogP contribution < -0.4 is 9.47 Å². The molecular weight excluding hydrogens is 601 g/mol. The van der Waals surface area contributed by atoms with E-state index < -0.39 is 24.5 Å². The van der Waals surface area contributed by atoms with E-state index in [1.807, 2.05) is 0 Å². The summed E-state index contributed by atoms with van der Waals surface area (Å²) in [6.07, 6.45) is 3.90. The Morgan fingerprint density at radius 1 is 1.14 bits per heavy atom. The largest absolute Gasteiger partial charge is 0.496 e. The SMILES string of the molecule is COc1cc([C@@H](CC2CC2)n2cc(-c3ncnn3C(F)F)cn2)[n+](O)cc1-c1cc(Cl)ccc1-n1cc(C(F)(F)F)nn1. The van der Waals surface area contributed by atoms with Crippen LogP contribution in [0.3, 0.4) is 0 Å². The van der Waals surface area contributed by atoms with Gasteiger partial charge < -0.3 is 4.74 Å². The first-order valence-electron chi connectivity index (χ1n) is 12.9. The summed E-state index contributed by atoms with van der Waals surface area (Å²) in [5.74, 6) is 0.555. The van der Waals surface area contributed by atoms with E-state index in [9.17, 15) is 27.2 Å². The van der Waals surface area contributed by atoms with Gasteiger partial charge in [0.05, 0.1) is 42.4 Å². The van der Waals surface area contributed by atoms with E-state index >= 15 is 0 Å². The molecule has 11 nitrogen and oxygen atoms in total. The molecule has 1 aromatic carbocycles. The zero-order valence-corrected chi connectivity index (χ0v) is 23.0. The fourth-order valence-corrected chi connectivity index (χ4v) is 5.02. The standard InChI is InChI=1S/C26H22ClF5N9O2/c1-43-22-8-21(20(6-14-2-3-14)38-10-15(9-34-38)24-33-13-35-41(24)25(28)29)40(42)11-18(22)17-7-16(27)4-5-19(17)39-12-23(36-37-39)26(30,31)32/h4-5,7-14,20,25,42H,2-3,6H2,1H3/q+1/t20-/m1/s1. The highest BCUT2D eigenvalue weighted by atomic mass is 35.5. The van der Waals surface area contributed by atoms with Crippen LogP contribution in [0.15, 0.2) is 55.4 Å². The van der Waals surface area contributed by atoms with Gasteiger partial charge in [0.25, 0.3) is 5.69 Å². The first-order chi connectivity index (χ1) is 20.5. The molecule has 1 aliphatic rings. The van der Waals surface area contributed by atoms with Crippen molar-refractivity contribution in [2.75, 3.05) is 7.11 Å². The van der Waals surface area contributed by atoms with Crippen LogP contribution >= 0.6 is 11.6 Å². The number of nitrogens with zero attached hydrogens (tertiary/aromatic N) is 9. The zero-order valence-electron chi connectivity index (χ0n) is 22.2. The Labute approximate surface area is 244 Å². The maximum absolute atomic E-state index is 13.4. The Balaban J connectivity index is 1.43. The molecule has 1 fully saturated rings. The molecule has 0 bridgehead atoms. The van der Waals surface area contributed by atoms with Gasteiger partial charge in [-0.1, -0.05) is 29.7 Å². The van der Waals surface area contributed by atoms with Gasteiger partial charge >= 0.3 is 12.7 Å². The molecule has 1 atom stereocenters. The lowest BCUT2D eigenvalue weighted by molar-refractivity contribution is -0.910. The predicted molar refractivity (Wildman–Crippen MR) is 139 cm³/mol. The number of hydrogen-bond acceptors (Lipinski definition) is 7. The van der Waals surface area contributed by atoms with Crippen molar-refractivity contribution < 1.29 is 36.6 Å². The smallest absolute Gasteiger partial charge is 0.436 e. The van der Waals surface area contributed by atoms with Crippen LogP contribution in [0, 0.1) is 5.92 Å². The number of methoxy groups -OCH3 is 1. The minimum atomic E-state index is -4.70. The van der Waals surface area contributed by atoms with Crippen LogP contribution in [-0.2, 0) is 6.18 Å². The van der Waals surface area contributed by atoms with E-state index in [-0.39, 0.29) is 22.3 Å². The molecule has 0 amide bonds.